The van der Waals surface area contributed by atoms with Crippen molar-refractivity contribution in [2.75, 3.05) is 17.6 Å². The number of anilines is 2. The van der Waals surface area contributed by atoms with E-state index in [-0.39, 0.29) is 0 Å². The van der Waals surface area contributed by atoms with Gasteiger partial charge in [-0.05, 0) is 12.1 Å². The van der Waals surface area contributed by atoms with Gasteiger partial charge in [0.05, 0.1) is 35.9 Å². The SMILES string of the molecule is N#CCCNc1cccc(-n2ccnc2)c1N. The molecular weight excluding hydrogens is 214 g/mol. The molecule has 0 unspecified atom stereocenters. The van der Waals surface area contributed by atoms with Crippen LogP contribution in [-0.4, -0.2) is 16.1 Å². The molecule has 0 saturated carbocycles. The fraction of sp³-hybridized carbons (Fsp3) is 0.167. The van der Waals surface area contributed by atoms with E-state index in [4.69, 9.17) is 11.0 Å². The number of nitriles is 1. The van der Waals surface area contributed by atoms with Crippen molar-refractivity contribution in [3.05, 3.63) is 36.9 Å². The van der Waals surface area contributed by atoms with Crippen molar-refractivity contribution < 1.29 is 0 Å². The second-order valence-corrected chi connectivity index (χ2v) is 3.54. The first-order chi connectivity index (χ1) is 8.33. The molecule has 1 heterocycles. The van der Waals surface area contributed by atoms with E-state index >= 15 is 0 Å². The first-order valence-electron chi connectivity index (χ1n) is 5.30. The molecule has 1 aromatic heterocycles. The van der Waals surface area contributed by atoms with Crippen molar-refractivity contribution in [1.82, 2.24) is 9.55 Å². The summed E-state index contributed by atoms with van der Waals surface area (Å²) >= 11 is 0. The number of para-hydroxylation sites is 1. The summed E-state index contributed by atoms with van der Waals surface area (Å²) in [5.41, 5.74) is 8.44. The summed E-state index contributed by atoms with van der Waals surface area (Å²) in [6, 6.07) is 7.82. The zero-order valence-corrected chi connectivity index (χ0v) is 9.30. The minimum absolute atomic E-state index is 0.453. The number of rotatable bonds is 4. The molecule has 0 fully saturated rings. The molecule has 0 amide bonds. The Labute approximate surface area is 99.5 Å². The predicted molar refractivity (Wildman–Crippen MR) is 66.7 cm³/mol. The van der Waals surface area contributed by atoms with Crippen LogP contribution in [0.25, 0.3) is 5.69 Å². The zero-order valence-electron chi connectivity index (χ0n) is 9.30. The molecule has 2 rings (SSSR count). The summed E-state index contributed by atoms with van der Waals surface area (Å²) in [6.07, 6.45) is 5.69. The first kappa shape index (κ1) is 11.0. The van der Waals surface area contributed by atoms with E-state index in [2.05, 4.69) is 16.4 Å². The fourth-order valence-electron chi connectivity index (χ4n) is 1.59. The Morgan fingerprint density at radius 2 is 2.35 bits per heavy atom. The lowest BCUT2D eigenvalue weighted by Gasteiger charge is -2.12. The van der Waals surface area contributed by atoms with Crippen LogP contribution in [0.5, 0.6) is 0 Å². The first-order valence-corrected chi connectivity index (χ1v) is 5.30. The zero-order chi connectivity index (χ0) is 12.1. The summed E-state index contributed by atoms with van der Waals surface area (Å²) in [7, 11) is 0. The maximum atomic E-state index is 8.48. The lowest BCUT2D eigenvalue weighted by molar-refractivity contribution is 1.05. The maximum absolute atomic E-state index is 8.48. The number of benzene rings is 1. The average molecular weight is 227 g/mol. The quantitative estimate of drug-likeness (QED) is 0.616. The van der Waals surface area contributed by atoms with Crippen LogP contribution in [0.15, 0.2) is 36.9 Å². The molecule has 0 bridgehead atoms. The van der Waals surface area contributed by atoms with E-state index in [0.717, 1.165) is 11.4 Å². The number of nitrogens with one attached hydrogen (secondary N) is 1. The number of nitrogen functional groups attached to an aromatic ring is 1. The van der Waals surface area contributed by atoms with E-state index < -0.39 is 0 Å². The Balaban J connectivity index is 2.25. The molecule has 0 radical (unpaired) electrons. The minimum atomic E-state index is 0.453. The second-order valence-electron chi connectivity index (χ2n) is 3.54. The van der Waals surface area contributed by atoms with Crippen molar-refractivity contribution in [3.63, 3.8) is 0 Å². The number of imidazole rings is 1. The summed E-state index contributed by atoms with van der Waals surface area (Å²) in [5.74, 6) is 0. The smallest absolute Gasteiger partial charge is 0.0992 e. The molecule has 0 aliphatic rings. The summed E-state index contributed by atoms with van der Waals surface area (Å²) in [5, 5.41) is 11.6. The van der Waals surface area contributed by atoms with Crippen molar-refractivity contribution in [3.8, 4) is 11.8 Å². The van der Waals surface area contributed by atoms with Crippen LogP contribution >= 0.6 is 0 Å². The monoisotopic (exact) mass is 227 g/mol. The largest absolute Gasteiger partial charge is 0.395 e. The topological polar surface area (TPSA) is 79.7 Å². The van der Waals surface area contributed by atoms with Crippen molar-refractivity contribution in [1.29, 1.82) is 5.26 Å². The van der Waals surface area contributed by atoms with Gasteiger partial charge in [-0.2, -0.15) is 5.26 Å². The highest BCUT2D eigenvalue weighted by Gasteiger charge is 2.05. The highest BCUT2D eigenvalue weighted by Crippen LogP contribution is 2.25. The van der Waals surface area contributed by atoms with Gasteiger partial charge in [0.25, 0.3) is 0 Å². The molecule has 0 aliphatic heterocycles. The Morgan fingerprint density at radius 3 is 3.06 bits per heavy atom. The third kappa shape index (κ3) is 2.37. The van der Waals surface area contributed by atoms with Gasteiger partial charge in [-0.3, -0.25) is 0 Å². The number of hydrogen-bond acceptors (Lipinski definition) is 4. The van der Waals surface area contributed by atoms with Gasteiger partial charge in [-0.25, -0.2) is 4.98 Å². The van der Waals surface area contributed by atoms with Crippen LogP contribution in [0.2, 0.25) is 0 Å². The van der Waals surface area contributed by atoms with Crippen LogP contribution in [0.3, 0.4) is 0 Å². The molecule has 0 saturated heterocycles. The Kier molecular flexibility index (Phi) is 3.26. The number of hydrogen-bond donors (Lipinski definition) is 2. The molecule has 5 heteroatoms. The maximum Gasteiger partial charge on any atom is 0.0992 e. The molecular formula is C12H13N5. The molecule has 0 atom stereocenters. The van der Waals surface area contributed by atoms with Gasteiger partial charge in [0.1, 0.15) is 0 Å². The van der Waals surface area contributed by atoms with Crippen molar-refractivity contribution in [2.45, 2.75) is 6.42 Å². The summed E-state index contributed by atoms with van der Waals surface area (Å²) in [4.78, 5) is 3.99. The molecule has 86 valence electrons. The number of aromatic nitrogens is 2. The lowest BCUT2D eigenvalue weighted by Crippen LogP contribution is -2.06. The van der Waals surface area contributed by atoms with Crippen LogP contribution in [0.4, 0.5) is 11.4 Å². The fourth-order valence-corrected chi connectivity index (χ4v) is 1.59. The molecule has 3 N–H and O–H groups in total. The van der Waals surface area contributed by atoms with E-state index in [9.17, 15) is 0 Å². The molecule has 0 spiro atoms. The van der Waals surface area contributed by atoms with Crippen LogP contribution < -0.4 is 11.1 Å². The predicted octanol–water partition coefficient (Wildman–Crippen LogP) is 1.78. The average Bonchev–Trinajstić information content (AvgIpc) is 2.85. The summed E-state index contributed by atoms with van der Waals surface area (Å²) in [6.45, 7) is 0.591. The molecule has 2 aromatic rings. The van der Waals surface area contributed by atoms with Gasteiger partial charge in [-0.1, -0.05) is 6.07 Å². The van der Waals surface area contributed by atoms with Gasteiger partial charge < -0.3 is 15.6 Å². The molecule has 0 aliphatic carbocycles. The Hall–Kier alpha value is -2.48. The van der Waals surface area contributed by atoms with Crippen LogP contribution in [0.1, 0.15) is 6.42 Å². The lowest BCUT2D eigenvalue weighted by atomic mass is 10.2. The molecule has 17 heavy (non-hydrogen) atoms. The van der Waals surface area contributed by atoms with E-state index in [1.165, 1.54) is 0 Å². The van der Waals surface area contributed by atoms with Crippen molar-refractivity contribution >= 4 is 11.4 Å². The van der Waals surface area contributed by atoms with Crippen molar-refractivity contribution in [2.24, 2.45) is 0 Å². The number of nitrogens with two attached hydrogens (primary N) is 1. The highest BCUT2D eigenvalue weighted by atomic mass is 15.0. The summed E-state index contributed by atoms with van der Waals surface area (Å²) < 4.78 is 1.85. The van der Waals surface area contributed by atoms with Gasteiger partial charge in [0.2, 0.25) is 0 Å². The van der Waals surface area contributed by atoms with Gasteiger partial charge in [0.15, 0.2) is 0 Å². The van der Waals surface area contributed by atoms with Gasteiger partial charge in [0, 0.05) is 18.9 Å². The van der Waals surface area contributed by atoms with E-state index in [0.29, 0.717) is 18.7 Å². The standard InChI is InChI=1S/C12H13N5/c13-5-2-6-16-10-3-1-4-11(12(10)14)17-8-7-15-9-17/h1,3-4,7-9,16H,2,6,14H2. The van der Waals surface area contributed by atoms with Gasteiger partial charge >= 0.3 is 0 Å². The Morgan fingerprint density at radius 1 is 1.47 bits per heavy atom. The second kappa shape index (κ2) is 5.03. The molecule has 1 aromatic carbocycles. The van der Waals surface area contributed by atoms with Crippen LogP contribution in [0, 0.1) is 11.3 Å². The van der Waals surface area contributed by atoms with E-state index in [1.807, 2.05) is 29.0 Å². The van der Waals surface area contributed by atoms with E-state index in [1.54, 1.807) is 12.5 Å². The number of nitrogens with zero attached hydrogens (tertiary/aromatic N) is 3. The third-order valence-electron chi connectivity index (χ3n) is 2.42. The van der Waals surface area contributed by atoms with Gasteiger partial charge in [-0.15, -0.1) is 0 Å². The normalized spacial score (nSPS) is 9.82. The van der Waals surface area contributed by atoms with Crippen LogP contribution in [-0.2, 0) is 0 Å². The third-order valence-corrected chi connectivity index (χ3v) is 2.42. The highest BCUT2D eigenvalue weighted by molar-refractivity contribution is 5.75. The minimum Gasteiger partial charge on any atom is -0.395 e. The Bertz CT molecular complexity index is 524. The molecule has 5 nitrogen and oxygen atoms in total.